The highest BCUT2D eigenvalue weighted by molar-refractivity contribution is 5.71. The van der Waals surface area contributed by atoms with Gasteiger partial charge in [0.05, 0.1) is 0 Å². The molecular formula is C76H140O6. The molecule has 0 aromatic heterocycles. The summed E-state index contributed by atoms with van der Waals surface area (Å²) in [6, 6.07) is 0. The van der Waals surface area contributed by atoms with Crippen LogP contribution >= 0.6 is 0 Å². The molecule has 0 N–H and O–H groups in total. The number of esters is 3. The molecule has 0 aliphatic rings. The van der Waals surface area contributed by atoms with E-state index in [0.717, 1.165) is 70.6 Å². The Morgan fingerprint density at radius 2 is 0.439 bits per heavy atom. The highest BCUT2D eigenvalue weighted by atomic mass is 16.6. The van der Waals surface area contributed by atoms with Gasteiger partial charge in [0.1, 0.15) is 13.2 Å². The average Bonchev–Trinajstić information content (AvgIpc) is 3.47. The summed E-state index contributed by atoms with van der Waals surface area (Å²) in [5, 5.41) is 0. The van der Waals surface area contributed by atoms with Crippen molar-refractivity contribution in [3.8, 4) is 0 Å². The fourth-order valence-corrected chi connectivity index (χ4v) is 11.0. The van der Waals surface area contributed by atoms with E-state index in [9.17, 15) is 14.4 Å². The molecule has 1 unspecified atom stereocenters. The molecule has 0 aliphatic heterocycles. The second-order valence-electron chi connectivity index (χ2n) is 24.9. The van der Waals surface area contributed by atoms with Crippen LogP contribution in [0.4, 0.5) is 0 Å². The fourth-order valence-electron chi connectivity index (χ4n) is 11.0. The first-order valence-electron chi connectivity index (χ1n) is 36.6. The minimum absolute atomic E-state index is 0.0692. The average molecular weight is 1150 g/mol. The molecule has 0 radical (unpaired) electrons. The zero-order valence-electron chi connectivity index (χ0n) is 55.3. The maximum atomic E-state index is 13.0. The summed E-state index contributed by atoms with van der Waals surface area (Å²) >= 11 is 0. The second-order valence-corrected chi connectivity index (χ2v) is 24.9. The van der Waals surface area contributed by atoms with E-state index < -0.39 is 6.10 Å². The third-order valence-electron chi connectivity index (χ3n) is 16.6. The van der Waals surface area contributed by atoms with Crippen LogP contribution in [-0.4, -0.2) is 37.2 Å². The molecule has 0 saturated heterocycles. The van der Waals surface area contributed by atoms with Crippen molar-refractivity contribution in [2.75, 3.05) is 13.2 Å². The molecule has 1 atom stereocenters. The van der Waals surface area contributed by atoms with Crippen molar-refractivity contribution in [2.24, 2.45) is 0 Å². The van der Waals surface area contributed by atoms with Crippen molar-refractivity contribution >= 4 is 17.9 Å². The number of allylic oxidation sites excluding steroid dienone is 8. The number of carbonyl (C=O) groups excluding carboxylic acids is 3. The van der Waals surface area contributed by atoms with Gasteiger partial charge in [0, 0.05) is 19.3 Å². The van der Waals surface area contributed by atoms with Crippen LogP contribution in [0.25, 0.3) is 0 Å². The zero-order valence-corrected chi connectivity index (χ0v) is 55.3. The summed E-state index contributed by atoms with van der Waals surface area (Å²) in [6.45, 7) is 6.70. The molecular weight excluding hydrogens is 1010 g/mol. The molecule has 0 rings (SSSR count). The van der Waals surface area contributed by atoms with E-state index in [1.165, 1.54) is 289 Å². The van der Waals surface area contributed by atoms with Crippen LogP contribution in [0.15, 0.2) is 48.6 Å². The third-order valence-corrected chi connectivity index (χ3v) is 16.6. The van der Waals surface area contributed by atoms with Crippen molar-refractivity contribution in [1.82, 2.24) is 0 Å². The second kappa shape index (κ2) is 70.9. The quantitative estimate of drug-likeness (QED) is 0.0261. The first kappa shape index (κ1) is 79.4. The topological polar surface area (TPSA) is 78.9 Å². The summed E-state index contributed by atoms with van der Waals surface area (Å²) in [4.78, 5) is 38.5. The summed E-state index contributed by atoms with van der Waals surface area (Å²) in [5.41, 5.74) is 0. The number of rotatable bonds is 68. The molecule has 0 aromatic rings. The van der Waals surface area contributed by atoms with Crippen molar-refractivity contribution < 1.29 is 28.6 Å². The smallest absolute Gasteiger partial charge is 0.306 e. The molecule has 0 saturated carbocycles. The monoisotopic (exact) mass is 1150 g/mol. The van der Waals surface area contributed by atoms with Crippen LogP contribution < -0.4 is 0 Å². The Kier molecular flexibility index (Phi) is 68.6. The van der Waals surface area contributed by atoms with Gasteiger partial charge in [-0.25, -0.2) is 0 Å². The third kappa shape index (κ3) is 68.2. The number of hydrogen-bond acceptors (Lipinski definition) is 6. The molecule has 0 bridgehead atoms. The fraction of sp³-hybridized carbons (Fsp3) is 0.855. The van der Waals surface area contributed by atoms with Gasteiger partial charge in [0.2, 0.25) is 0 Å². The predicted molar refractivity (Wildman–Crippen MR) is 358 cm³/mol. The Morgan fingerprint density at radius 3 is 0.695 bits per heavy atom. The maximum Gasteiger partial charge on any atom is 0.306 e. The van der Waals surface area contributed by atoms with Gasteiger partial charge in [-0.15, -0.1) is 0 Å². The highest BCUT2D eigenvalue weighted by Crippen LogP contribution is 2.18. The number of hydrogen-bond donors (Lipinski definition) is 0. The molecule has 480 valence electrons. The molecule has 82 heavy (non-hydrogen) atoms. The van der Waals surface area contributed by atoms with Gasteiger partial charge < -0.3 is 14.2 Å². The Hall–Kier alpha value is -2.63. The standard InChI is InChI=1S/C76H140O6/c1-4-7-10-13-16-19-22-25-28-30-32-34-36-38-40-42-44-46-48-51-54-57-60-63-66-69-75(78)81-72-73(71-80-74(77)68-65-62-59-56-53-50-27-24-21-18-15-12-9-6-3)82-76(79)70-67-64-61-58-55-52-49-47-45-43-41-39-37-35-33-31-29-26-23-20-17-14-11-8-5-2/h22,25,30-33,36,38,73H,4-21,23-24,26-29,34-35,37,39-72H2,1-3H3/b25-22-,32-30-,33-31-,38-36-. The molecule has 0 spiro atoms. The minimum atomic E-state index is -0.774. The lowest BCUT2D eigenvalue weighted by Crippen LogP contribution is -2.30. The van der Waals surface area contributed by atoms with Crippen molar-refractivity contribution in [3.63, 3.8) is 0 Å². The van der Waals surface area contributed by atoms with Crippen LogP contribution in [0, 0.1) is 0 Å². The SMILES string of the molecule is CCCCCCC/C=C\C/C=C\C/C=C\CCCCCCCCCCCCC(=O)OCC(COC(=O)CCCCCCCCCCCCCCCC)OC(=O)CCCCCCCCCCCCCCC/C=C\CCCCCCCCCC. The van der Waals surface area contributed by atoms with Crippen molar-refractivity contribution in [3.05, 3.63) is 48.6 Å². The van der Waals surface area contributed by atoms with Crippen LogP contribution in [-0.2, 0) is 28.6 Å². The maximum absolute atomic E-state index is 13.0. The normalized spacial score (nSPS) is 12.3. The lowest BCUT2D eigenvalue weighted by Gasteiger charge is -2.18. The number of ether oxygens (including phenoxy) is 3. The molecule has 0 aromatic carbocycles. The Morgan fingerprint density at radius 1 is 0.244 bits per heavy atom. The van der Waals surface area contributed by atoms with Crippen LogP contribution in [0.3, 0.4) is 0 Å². The lowest BCUT2D eigenvalue weighted by atomic mass is 10.0. The van der Waals surface area contributed by atoms with E-state index >= 15 is 0 Å². The number of unbranched alkanes of at least 4 members (excludes halogenated alkanes) is 49. The Bertz CT molecular complexity index is 1410. The molecule has 6 nitrogen and oxygen atoms in total. The highest BCUT2D eigenvalue weighted by Gasteiger charge is 2.19. The Balaban J connectivity index is 4.27. The van der Waals surface area contributed by atoms with E-state index in [4.69, 9.17) is 14.2 Å². The lowest BCUT2D eigenvalue weighted by molar-refractivity contribution is -0.167. The van der Waals surface area contributed by atoms with Crippen LogP contribution in [0.5, 0.6) is 0 Å². The predicted octanol–water partition coefficient (Wildman–Crippen LogP) is 25.3. The van der Waals surface area contributed by atoms with E-state index in [-0.39, 0.29) is 31.1 Å². The largest absolute Gasteiger partial charge is 0.462 e. The van der Waals surface area contributed by atoms with Gasteiger partial charge in [-0.3, -0.25) is 14.4 Å². The summed E-state index contributed by atoms with van der Waals surface area (Å²) < 4.78 is 17.0. The summed E-state index contributed by atoms with van der Waals surface area (Å²) in [5.74, 6) is -0.845. The van der Waals surface area contributed by atoms with Gasteiger partial charge in [0.15, 0.2) is 6.10 Å². The van der Waals surface area contributed by atoms with Crippen LogP contribution in [0.1, 0.15) is 400 Å². The molecule has 0 heterocycles. The van der Waals surface area contributed by atoms with Gasteiger partial charge in [0.25, 0.3) is 0 Å². The molecule has 6 heteroatoms. The van der Waals surface area contributed by atoms with Gasteiger partial charge in [-0.05, 0) is 83.5 Å². The Labute approximate surface area is 511 Å². The molecule has 0 amide bonds. The summed E-state index contributed by atoms with van der Waals surface area (Å²) in [6.07, 6.45) is 90.0. The molecule has 0 aliphatic carbocycles. The summed E-state index contributed by atoms with van der Waals surface area (Å²) in [7, 11) is 0. The van der Waals surface area contributed by atoms with Crippen molar-refractivity contribution in [2.45, 2.75) is 406 Å². The van der Waals surface area contributed by atoms with Crippen LogP contribution in [0.2, 0.25) is 0 Å². The van der Waals surface area contributed by atoms with Gasteiger partial charge in [-0.2, -0.15) is 0 Å². The minimum Gasteiger partial charge on any atom is -0.462 e. The van der Waals surface area contributed by atoms with E-state index in [0.29, 0.717) is 19.3 Å². The first-order valence-corrected chi connectivity index (χ1v) is 36.6. The van der Waals surface area contributed by atoms with E-state index in [1.807, 2.05) is 0 Å². The zero-order chi connectivity index (χ0) is 59.2. The van der Waals surface area contributed by atoms with Crippen molar-refractivity contribution in [1.29, 1.82) is 0 Å². The molecule has 0 fully saturated rings. The first-order chi connectivity index (χ1) is 40.5. The number of carbonyl (C=O) groups is 3. The van der Waals surface area contributed by atoms with E-state index in [1.54, 1.807) is 0 Å². The van der Waals surface area contributed by atoms with E-state index in [2.05, 4.69) is 69.4 Å². The van der Waals surface area contributed by atoms with Gasteiger partial charge >= 0.3 is 17.9 Å². The van der Waals surface area contributed by atoms with Gasteiger partial charge in [-0.1, -0.05) is 345 Å².